The van der Waals surface area contributed by atoms with Crippen molar-refractivity contribution in [2.45, 2.75) is 39.3 Å². The Morgan fingerprint density at radius 1 is 1.50 bits per heavy atom. The van der Waals surface area contributed by atoms with Crippen LogP contribution in [0.1, 0.15) is 27.2 Å². The Hall–Kier alpha value is -0.650. The van der Waals surface area contributed by atoms with E-state index >= 15 is 0 Å². The second kappa shape index (κ2) is 6.18. The third kappa shape index (κ3) is 2.93. The second-order valence-electron chi connectivity index (χ2n) is 4.41. The summed E-state index contributed by atoms with van der Waals surface area (Å²) in [4.78, 5) is 16.3. The van der Waals surface area contributed by atoms with E-state index in [4.69, 9.17) is 5.84 Å². The van der Waals surface area contributed by atoms with Crippen LogP contribution in [0.5, 0.6) is 0 Å². The number of nitrogens with one attached hydrogen (secondary N) is 1. The SMILES string of the molecule is CCC(C(=O)NN)N1CCN(CC)C(C)C1. The zero-order valence-corrected chi connectivity index (χ0v) is 10.6. The molecule has 2 atom stereocenters. The van der Waals surface area contributed by atoms with Crippen molar-refractivity contribution in [3.63, 3.8) is 0 Å². The number of amides is 1. The molecule has 0 bridgehead atoms. The lowest BCUT2D eigenvalue weighted by Crippen LogP contribution is -2.58. The van der Waals surface area contributed by atoms with Crippen LogP contribution in [0.2, 0.25) is 0 Å². The molecule has 1 rings (SSSR count). The number of rotatable bonds is 4. The molecule has 0 aliphatic carbocycles. The van der Waals surface area contributed by atoms with Gasteiger partial charge in [-0.25, -0.2) is 5.84 Å². The number of hydrogen-bond acceptors (Lipinski definition) is 4. The predicted molar refractivity (Wildman–Crippen MR) is 64.7 cm³/mol. The molecule has 5 heteroatoms. The standard InChI is InChI=1S/C11H24N4O/c1-4-10(11(16)13-12)15-7-6-14(5-2)9(3)8-15/h9-10H,4-8,12H2,1-3H3,(H,13,16). The normalized spacial score (nSPS) is 25.4. The van der Waals surface area contributed by atoms with Gasteiger partial charge in [0, 0.05) is 25.7 Å². The minimum Gasteiger partial charge on any atom is -0.298 e. The molecular weight excluding hydrogens is 204 g/mol. The average molecular weight is 228 g/mol. The van der Waals surface area contributed by atoms with Gasteiger partial charge in [-0.15, -0.1) is 0 Å². The summed E-state index contributed by atoms with van der Waals surface area (Å²) in [5.41, 5.74) is 2.26. The van der Waals surface area contributed by atoms with Gasteiger partial charge in [-0.1, -0.05) is 13.8 Å². The highest BCUT2D eigenvalue weighted by Crippen LogP contribution is 2.13. The van der Waals surface area contributed by atoms with Gasteiger partial charge in [-0.3, -0.25) is 20.0 Å². The van der Waals surface area contributed by atoms with Gasteiger partial charge in [0.05, 0.1) is 6.04 Å². The van der Waals surface area contributed by atoms with Crippen LogP contribution >= 0.6 is 0 Å². The molecule has 1 saturated heterocycles. The van der Waals surface area contributed by atoms with E-state index in [2.05, 4.69) is 29.1 Å². The van der Waals surface area contributed by atoms with E-state index in [1.165, 1.54) is 0 Å². The highest BCUT2D eigenvalue weighted by Gasteiger charge is 2.30. The molecule has 2 unspecified atom stereocenters. The first-order valence-corrected chi connectivity index (χ1v) is 6.12. The summed E-state index contributed by atoms with van der Waals surface area (Å²) in [6.45, 7) is 10.4. The molecule has 0 aromatic rings. The third-order valence-electron chi connectivity index (χ3n) is 3.48. The molecule has 16 heavy (non-hydrogen) atoms. The zero-order chi connectivity index (χ0) is 12.1. The number of hydrogen-bond donors (Lipinski definition) is 2. The van der Waals surface area contributed by atoms with Gasteiger partial charge in [0.15, 0.2) is 0 Å². The van der Waals surface area contributed by atoms with Crippen LogP contribution in [-0.4, -0.2) is 54.0 Å². The van der Waals surface area contributed by atoms with Gasteiger partial charge in [-0.05, 0) is 19.9 Å². The van der Waals surface area contributed by atoms with Crippen molar-refractivity contribution in [2.24, 2.45) is 5.84 Å². The smallest absolute Gasteiger partial charge is 0.251 e. The van der Waals surface area contributed by atoms with Crippen molar-refractivity contribution < 1.29 is 4.79 Å². The maximum Gasteiger partial charge on any atom is 0.251 e. The van der Waals surface area contributed by atoms with E-state index in [0.717, 1.165) is 32.6 Å². The molecule has 0 spiro atoms. The molecule has 1 aliphatic rings. The summed E-state index contributed by atoms with van der Waals surface area (Å²) < 4.78 is 0. The molecule has 1 heterocycles. The highest BCUT2D eigenvalue weighted by atomic mass is 16.2. The predicted octanol–water partition coefficient (Wildman–Crippen LogP) is -0.219. The molecule has 0 radical (unpaired) electrons. The number of nitrogens with two attached hydrogens (primary N) is 1. The van der Waals surface area contributed by atoms with Gasteiger partial charge in [0.25, 0.3) is 5.91 Å². The average Bonchev–Trinajstić information content (AvgIpc) is 2.30. The van der Waals surface area contributed by atoms with Crippen molar-refractivity contribution in [3.05, 3.63) is 0 Å². The van der Waals surface area contributed by atoms with Gasteiger partial charge >= 0.3 is 0 Å². The second-order valence-corrected chi connectivity index (χ2v) is 4.41. The number of hydrazine groups is 1. The molecule has 1 fully saturated rings. The minimum absolute atomic E-state index is 0.0698. The first-order valence-electron chi connectivity index (χ1n) is 6.12. The van der Waals surface area contributed by atoms with E-state index in [0.29, 0.717) is 6.04 Å². The number of likely N-dealkylation sites (N-methyl/N-ethyl adjacent to an activating group) is 1. The van der Waals surface area contributed by atoms with Crippen LogP contribution in [-0.2, 0) is 4.79 Å². The summed E-state index contributed by atoms with van der Waals surface area (Å²) in [7, 11) is 0. The van der Waals surface area contributed by atoms with E-state index in [1.807, 2.05) is 6.92 Å². The van der Waals surface area contributed by atoms with E-state index in [1.54, 1.807) is 0 Å². The van der Waals surface area contributed by atoms with Crippen molar-refractivity contribution >= 4 is 5.91 Å². The van der Waals surface area contributed by atoms with Crippen molar-refractivity contribution in [1.29, 1.82) is 0 Å². The Balaban J connectivity index is 2.58. The lowest BCUT2D eigenvalue weighted by molar-refractivity contribution is -0.127. The molecule has 1 aliphatic heterocycles. The van der Waals surface area contributed by atoms with Crippen molar-refractivity contribution in [1.82, 2.24) is 15.2 Å². The number of carbonyl (C=O) groups excluding carboxylic acids is 1. The Morgan fingerprint density at radius 3 is 2.62 bits per heavy atom. The molecule has 5 nitrogen and oxygen atoms in total. The summed E-state index contributed by atoms with van der Waals surface area (Å²) in [5.74, 6) is 5.14. The zero-order valence-electron chi connectivity index (χ0n) is 10.6. The fourth-order valence-corrected chi connectivity index (χ4v) is 2.48. The summed E-state index contributed by atoms with van der Waals surface area (Å²) in [6, 6.07) is 0.435. The Kier molecular flexibility index (Phi) is 5.18. The number of nitrogens with zero attached hydrogens (tertiary/aromatic N) is 2. The van der Waals surface area contributed by atoms with E-state index in [-0.39, 0.29) is 11.9 Å². The lowest BCUT2D eigenvalue weighted by atomic mass is 10.1. The Labute approximate surface area is 97.9 Å². The highest BCUT2D eigenvalue weighted by molar-refractivity contribution is 5.81. The molecular formula is C11H24N4O. The van der Waals surface area contributed by atoms with Crippen LogP contribution in [0.4, 0.5) is 0 Å². The number of carbonyl (C=O) groups is 1. The summed E-state index contributed by atoms with van der Waals surface area (Å²) >= 11 is 0. The maximum atomic E-state index is 11.6. The monoisotopic (exact) mass is 228 g/mol. The maximum absolute atomic E-state index is 11.6. The fourth-order valence-electron chi connectivity index (χ4n) is 2.48. The fraction of sp³-hybridized carbons (Fsp3) is 0.909. The molecule has 0 saturated carbocycles. The van der Waals surface area contributed by atoms with Crippen LogP contribution in [0.25, 0.3) is 0 Å². The van der Waals surface area contributed by atoms with Crippen LogP contribution in [0.15, 0.2) is 0 Å². The summed E-state index contributed by atoms with van der Waals surface area (Å²) in [6.07, 6.45) is 0.807. The van der Waals surface area contributed by atoms with Gasteiger partial charge in [0.2, 0.25) is 0 Å². The first kappa shape index (κ1) is 13.4. The largest absolute Gasteiger partial charge is 0.298 e. The van der Waals surface area contributed by atoms with Crippen LogP contribution in [0, 0.1) is 0 Å². The topological polar surface area (TPSA) is 61.6 Å². The van der Waals surface area contributed by atoms with Crippen LogP contribution in [0.3, 0.4) is 0 Å². The minimum atomic E-state index is -0.0774. The van der Waals surface area contributed by atoms with Gasteiger partial charge < -0.3 is 0 Å². The Morgan fingerprint density at radius 2 is 2.19 bits per heavy atom. The molecule has 94 valence electrons. The van der Waals surface area contributed by atoms with E-state index < -0.39 is 0 Å². The number of piperazine rings is 1. The van der Waals surface area contributed by atoms with Crippen molar-refractivity contribution in [3.8, 4) is 0 Å². The molecule has 1 amide bonds. The van der Waals surface area contributed by atoms with Gasteiger partial charge in [-0.2, -0.15) is 0 Å². The Bertz CT molecular complexity index is 234. The third-order valence-corrected chi connectivity index (χ3v) is 3.48. The molecule has 3 N–H and O–H groups in total. The summed E-state index contributed by atoms with van der Waals surface area (Å²) in [5, 5.41) is 0. The molecule has 0 aromatic carbocycles. The van der Waals surface area contributed by atoms with Crippen LogP contribution < -0.4 is 11.3 Å². The first-order chi connectivity index (χ1) is 7.63. The molecule has 0 aromatic heterocycles. The van der Waals surface area contributed by atoms with Gasteiger partial charge in [0.1, 0.15) is 0 Å². The van der Waals surface area contributed by atoms with Crippen molar-refractivity contribution in [2.75, 3.05) is 26.2 Å². The lowest BCUT2D eigenvalue weighted by Gasteiger charge is -2.42. The quantitative estimate of drug-likeness (QED) is 0.397. The van der Waals surface area contributed by atoms with E-state index in [9.17, 15) is 4.79 Å².